The summed E-state index contributed by atoms with van der Waals surface area (Å²) in [5.74, 6) is 0.214. The fourth-order valence-electron chi connectivity index (χ4n) is 4.59. The minimum atomic E-state index is -0.268. The quantitative estimate of drug-likeness (QED) is 0.688. The van der Waals surface area contributed by atoms with E-state index in [0.29, 0.717) is 6.42 Å². The van der Waals surface area contributed by atoms with Crippen molar-refractivity contribution in [3.63, 3.8) is 0 Å². The summed E-state index contributed by atoms with van der Waals surface area (Å²) in [6.07, 6.45) is 2.83. The lowest BCUT2D eigenvalue weighted by atomic mass is 9.82. The Labute approximate surface area is 163 Å². The summed E-state index contributed by atoms with van der Waals surface area (Å²) >= 11 is 0. The Hall–Kier alpha value is -2.55. The van der Waals surface area contributed by atoms with Gasteiger partial charge in [-0.3, -0.25) is 4.79 Å². The first-order valence-electron chi connectivity index (χ1n) is 9.56. The number of allylic oxidation sites excluding steroid dienone is 1. The second-order valence-corrected chi connectivity index (χ2v) is 8.73. The molecule has 2 aromatic carbocycles. The number of para-hydroxylation sites is 1. The number of hydrogen-bond acceptors (Lipinski definition) is 3. The van der Waals surface area contributed by atoms with Crippen LogP contribution in [0.1, 0.15) is 53.5 Å². The zero-order chi connectivity index (χ0) is 19.8. The number of nitrogens with zero attached hydrogens (tertiary/aromatic N) is 1. The van der Waals surface area contributed by atoms with Gasteiger partial charge in [0.2, 0.25) is 0 Å². The van der Waals surface area contributed by atoms with Crippen LogP contribution in [0.3, 0.4) is 0 Å². The molecule has 0 bridgehead atoms. The van der Waals surface area contributed by atoms with Gasteiger partial charge in [-0.2, -0.15) is 0 Å². The SMILES string of the molecule is CC(=O)CC(C)(C)N1c2ccc(Nc3ccccc3)cc2C(C)=CC1(C)C. The lowest BCUT2D eigenvalue weighted by Crippen LogP contribution is -2.57. The average molecular weight is 363 g/mol. The first-order valence-corrected chi connectivity index (χ1v) is 9.56. The minimum absolute atomic E-state index is 0.162. The molecule has 1 heterocycles. The van der Waals surface area contributed by atoms with Crippen LogP contribution in [0, 0.1) is 0 Å². The highest BCUT2D eigenvalue weighted by Gasteiger charge is 2.40. The van der Waals surface area contributed by atoms with Crippen LogP contribution in [0.15, 0.2) is 54.6 Å². The van der Waals surface area contributed by atoms with Gasteiger partial charge in [0.15, 0.2) is 0 Å². The summed E-state index contributed by atoms with van der Waals surface area (Å²) in [4.78, 5) is 14.3. The first-order chi connectivity index (χ1) is 12.6. The third kappa shape index (κ3) is 3.92. The molecule has 2 aromatic rings. The molecule has 0 saturated heterocycles. The smallest absolute Gasteiger partial charge is 0.132 e. The van der Waals surface area contributed by atoms with Crippen LogP contribution in [-0.2, 0) is 4.79 Å². The van der Waals surface area contributed by atoms with E-state index in [2.05, 4.69) is 81.2 Å². The molecule has 0 saturated carbocycles. The molecule has 3 heteroatoms. The first kappa shape index (κ1) is 19.2. The Bertz CT molecular complexity index is 879. The molecular formula is C24H30N2O. The van der Waals surface area contributed by atoms with E-state index in [1.807, 2.05) is 18.2 Å². The van der Waals surface area contributed by atoms with Gasteiger partial charge < -0.3 is 10.2 Å². The van der Waals surface area contributed by atoms with Gasteiger partial charge in [0.25, 0.3) is 0 Å². The normalized spacial score (nSPS) is 15.8. The number of Topliss-reactive ketones (excluding diaryl/α,β-unsaturated/α-hetero) is 1. The van der Waals surface area contributed by atoms with Crippen molar-refractivity contribution in [3.05, 3.63) is 60.2 Å². The zero-order valence-corrected chi connectivity index (χ0v) is 17.3. The highest BCUT2D eigenvalue weighted by molar-refractivity contribution is 5.85. The van der Waals surface area contributed by atoms with E-state index in [-0.39, 0.29) is 16.9 Å². The molecule has 3 rings (SSSR count). The second-order valence-electron chi connectivity index (χ2n) is 8.73. The molecule has 0 unspecified atom stereocenters. The monoisotopic (exact) mass is 362 g/mol. The molecule has 0 aliphatic carbocycles. The highest BCUT2D eigenvalue weighted by Crippen LogP contribution is 2.45. The van der Waals surface area contributed by atoms with Crippen molar-refractivity contribution in [3.8, 4) is 0 Å². The van der Waals surface area contributed by atoms with Crippen LogP contribution < -0.4 is 10.2 Å². The molecule has 3 nitrogen and oxygen atoms in total. The van der Waals surface area contributed by atoms with E-state index in [4.69, 9.17) is 0 Å². The third-order valence-electron chi connectivity index (χ3n) is 5.16. The molecule has 27 heavy (non-hydrogen) atoms. The average Bonchev–Trinajstić information content (AvgIpc) is 2.54. The molecule has 0 aromatic heterocycles. The summed E-state index contributed by atoms with van der Waals surface area (Å²) in [6.45, 7) is 12.6. The van der Waals surface area contributed by atoms with Gasteiger partial charge in [-0.25, -0.2) is 0 Å². The fraction of sp³-hybridized carbons (Fsp3) is 0.375. The van der Waals surface area contributed by atoms with Crippen LogP contribution >= 0.6 is 0 Å². The number of hydrogen-bond donors (Lipinski definition) is 1. The molecule has 142 valence electrons. The molecular weight excluding hydrogens is 332 g/mol. The van der Waals surface area contributed by atoms with Gasteiger partial charge in [0.05, 0.1) is 5.54 Å². The molecule has 0 radical (unpaired) electrons. The lowest BCUT2D eigenvalue weighted by molar-refractivity contribution is -0.118. The van der Waals surface area contributed by atoms with Gasteiger partial charge in [0, 0.05) is 34.6 Å². The maximum absolute atomic E-state index is 11.9. The highest BCUT2D eigenvalue weighted by atomic mass is 16.1. The van der Waals surface area contributed by atoms with Crippen molar-refractivity contribution in [1.82, 2.24) is 0 Å². The summed E-state index contributed by atoms with van der Waals surface area (Å²) in [7, 11) is 0. The van der Waals surface area contributed by atoms with Gasteiger partial charge in [-0.1, -0.05) is 24.3 Å². The maximum Gasteiger partial charge on any atom is 0.132 e. The van der Waals surface area contributed by atoms with E-state index in [0.717, 1.165) is 11.4 Å². The number of carbonyl (C=O) groups excluding carboxylic acids is 1. The number of fused-ring (bicyclic) bond motifs is 1. The van der Waals surface area contributed by atoms with Crippen LogP contribution in [0.25, 0.3) is 5.57 Å². The van der Waals surface area contributed by atoms with Crippen LogP contribution in [0.5, 0.6) is 0 Å². The molecule has 1 N–H and O–H groups in total. The maximum atomic E-state index is 11.9. The van der Waals surface area contributed by atoms with E-state index >= 15 is 0 Å². The molecule has 0 spiro atoms. The van der Waals surface area contributed by atoms with E-state index in [9.17, 15) is 4.79 Å². The van der Waals surface area contributed by atoms with Gasteiger partial charge in [-0.05, 0) is 77.4 Å². The second kappa shape index (κ2) is 6.88. The van der Waals surface area contributed by atoms with E-state index < -0.39 is 0 Å². The molecule has 0 amide bonds. The topological polar surface area (TPSA) is 32.3 Å². The van der Waals surface area contributed by atoms with Crippen molar-refractivity contribution in [2.75, 3.05) is 10.2 Å². The van der Waals surface area contributed by atoms with Crippen molar-refractivity contribution in [2.45, 2.75) is 59.0 Å². The Morgan fingerprint density at radius 3 is 2.37 bits per heavy atom. The number of ketones is 1. The Morgan fingerprint density at radius 1 is 1.07 bits per heavy atom. The number of carbonyl (C=O) groups is 1. The Morgan fingerprint density at radius 2 is 1.74 bits per heavy atom. The van der Waals surface area contributed by atoms with Gasteiger partial charge in [-0.15, -0.1) is 0 Å². The predicted octanol–water partition coefficient (Wildman–Crippen LogP) is 6.19. The van der Waals surface area contributed by atoms with Crippen molar-refractivity contribution in [1.29, 1.82) is 0 Å². The standard InChI is InChI=1S/C24H30N2O/c1-17-15-23(3,4)26(24(5,6)16-18(2)27)22-13-12-20(14-21(17)22)25-19-10-8-7-9-11-19/h7-15,25H,16H2,1-6H3. The molecule has 1 aliphatic rings. The molecule has 0 fully saturated rings. The van der Waals surface area contributed by atoms with Crippen molar-refractivity contribution in [2.24, 2.45) is 0 Å². The Kier molecular flexibility index (Phi) is 4.90. The van der Waals surface area contributed by atoms with Crippen molar-refractivity contribution >= 4 is 28.4 Å². The zero-order valence-electron chi connectivity index (χ0n) is 17.3. The summed E-state index contributed by atoms with van der Waals surface area (Å²) in [5.41, 5.74) is 5.37. The third-order valence-corrected chi connectivity index (χ3v) is 5.16. The lowest BCUT2D eigenvalue weighted by Gasteiger charge is -2.52. The predicted molar refractivity (Wildman–Crippen MR) is 116 cm³/mol. The van der Waals surface area contributed by atoms with Gasteiger partial charge >= 0.3 is 0 Å². The number of nitrogens with one attached hydrogen (secondary N) is 1. The molecule has 0 atom stereocenters. The Balaban J connectivity index is 2.04. The number of anilines is 3. The number of rotatable bonds is 5. The summed E-state index contributed by atoms with van der Waals surface area (Å²) in [6, 6.07) is 16.7. The van der Waals surface area contributed by atoms with Crippen molar-refractivity contribution < 1.29 is 4.79 Å². The minimum Gasteiger partial charge on any atom is -0.357 e. The van der Waals surface area contributed by atoms with E-state index in [1.54, 1.807) is 6.92 Å². The summed E-state index contributed by atoms with van der Waals surface area (Å²) in [5, 5.41) is 3.48. The number of benzene rings is 2. The van der Waals surface area contributed by atoms with Crippen LogP contribution in [-0.4, -0.2) is 16.9 Å². The van der Waals surface area contributed by atoms with Crippen LogP contribution in [0.2, 0.25) is 0 Å². The van der Waals surface area contributed by atoms with E-state index in [1.165, 1.54) is 16.8 Å². The van der Waals surface area contributed by atoms with Crippen LogP contribution in [0.4, 0.5) is 17.1 Å². The van der Waals surface area contributed by atoms with Gasteiger partial charge in [0.1, 0.15) is 5.78 Å². The largest absolute Gasteiger partial charge is 0.357 e. The summed E-state index contributed by atoms with van der Waals surface area (Å²) < 4.78 is 0. The molecule has 1 aliphatic heterocycles. The fourth-order valence-corrected chi connectivity index (χ4v) is 4.59.